The first-order valence-corrected chi connectivity index (χ1v) is 8.99. The van der Waals surface area contributed by atoms with Gasteiger partial charge < -0.3 is 10.1 Å². The van der Waals surface area contributed by atoms with Crippen molar-refractivity contribution in [2.24, 2.45) is 0 Å². The van der Waals surface area contributed by atoms with Gasteiger partial charge in [0.15, 0.2) is 0 Å². The molecule has 1 aromatic rings. The summed E-state index contributed by atoms with van der Waals surface area (Å²) >= 11 is 0. The van der Waals surface area contributed by atoms with Gasteiger partial charge in [-0.3, -0.25) is 0 Å². The van der Waals surface area contributed by atoms with Crippen molar-refractivity contribution in [1.82, 2.24) is 4.72 Å². The molecule has 2 atom stereocenters. The molecule has 21 heavy (non-hydrogen) atoms. The molecule has 0 radical (unpaired) electrons. The molecule has 2 aliphatic carbocycles. The number of ether oxygens (including phenoxy) is 1. The summed E-state index contributed by atoms with van der Waals surface area (Å²) in [5.74, 6) is 0. The third kappa shape index (κ3) is 3.39. The number of sulfonamides is 1. The van der Waals surface area contributed by atoms with Crippen LogP contribution in [0, 0.1) is 0 Å². The van der Waals surface area contributed by atoms with Gasteiger partial charge in [0, 0.05) is 13.2 Å². The van der Waals surface area contributed by atoms with Crippen molar-refractivity contribution in [3.63, 3.8) is 0 Å². The lowest BCUT2D eigenvalue weighted by molar-refractivity contribution is 0.101. The quantitative estimate of drug-likeness (QED) is 0.844. The molecule has 0 bridgehead atoms. The van der Waals surface area contributed by atoms with Gasteiger partial charge in [0.1, 0.15) is 4.90 Å². The normalized spacial score (nSPS) is 26.0. The molecule has 2 unspecified atom stereocenters. The van der Waals surface area contributed by atoms with Crippen LogP contribution in [0.4, 0.5) is 5.69 Å². The minimum Gasteiger partial charge on any atom is -0.379 e. The van der Waals surface area contributed by atoms with Gasteiger partial charge in [-0.15, -0.1) is 0 Å². The van der Waals surface area contributed by atoms with Crippen LogP contribution in [0.25, 0.3) is 0 Å². The van der Waals surface area contributed by atoms with Crippen LogP contribution in [0.15, 0.2) is 29.2 Å². The lowest BCUT2D eigenvalue weighted by Crippen LogP contribution is -2.32. The second kappa shape index (κ2) is 5.94. The van der Waals surface area contributed by atoms with Crippen LogP contribution in [-0.4, -0.2) is 33.7 Å². The van der Waals surface area contributed by atoms with Crippen molar-refractivity contribution in [2.45, 2.75) is 55.2 Å². The highest BCUT2D eigenvalue weighted by molar-refractivity contribution is 7.89. The number of benzene rings is 1. The summed E-state index contributed by atoms with van der Waals surface area (Å²) in [5, 5.41) is 3.37. The van der Waals surface area contributed by atoms with E-state index in [1.165, 1.54) is 0 Å². The van der Waals surface area contributed by atoms with Gasteiger partial charge in [-0.2, -0.15) is 0 Å². The lowest BCUT2D eigenvalue weighted by Gasteiger charge is -2.22. The van der Waals surface area contributed by atoms with E-state index in [0.717, 1.165) is 32.1 Å². The number of anilines is 1. The maximum atomic E-state index is 12.4. The van der Waals surface area contributed by atoms with Gasteiger partial charge in [0.2, 0.25) is 10.0 Å². The van der Waals surface area contributed by atoms with E-state index >= 15 is 0 Å². The number of hydrogen-bond acceptors (Lipinski definition) is 4. The zero-order valence-electron chi connectivity index (χ0n) is 12.2. The minimum absolute atomic E-state index is 0.112. The Hall–Kier alpha value is -1.11. The molecule has 116 valence electrons. The predicted molar refractivity (Wildman–Crippen MR) is 81.8 cm³/mol. The Kier molecular flexibility index (Phi) is 4.19. The Bertz CT molecular complexity index is 599. The highest BCUT2D eigenvalue weighted by atomic mass is 32.2. The molecule has 0 aliphatic heterocycles. The fourth-order valence-electron chi connectivity index (χ4n) is 2.88. The molecule has 0 saturated heterocycles. The van der Waals surface area contributed by atoms with Crippen LogP contribution in [0.3, 0.4) is 0 Å². The van der Waals surface area contributed by atoms with Gasteiger partial charge in [0.05, 0.1) is 17.8 Å². The Morgan fingerprint density at radius 2 is 1.90 bits per heavy atom. The molecule has 3 rings (SSSR count). The zero-order chi connectivity index (χ0) is 14.9. The van der Waals surface area contributed by atoms with E-state index in [-0.39, 0.29) is 18.2 Å². The van der Waals surface area contributed by atoms with Crippen molar-refractivity contribution in [3.8, 4) is 0 Å². The van der Waals surface area contributed by atoms with Crippen molar-refractivity contribution >= 4 is 15.7 Å². The van der Waals surface area contributed by atoms with E-state index < -0.39 is 10.0 Å². The van der Waals surface area contributed by atoms with Crippen LogP contribution in [-0.2, 0) is 14.8 Å². The average Bonchev–Trinajstić information content (AvgIpc) is 3.15. The highest BCUT2D eigenvalue weighted by Gasteiger charge is 2.31. The molecule has 2 saturated carbocycles. The van der Waals surface area contributed by atoms with Crippen molar-refractivity contribution in [1.29, 1.82) is 0 Å². The molecule has 1 aromatic carbocycles. The third-order valence-corrected chi connectivity index (χ3v) is 5.75. The number of rotatable bonds is 6. The third-order valence-electron chi connectivity index (χ3n) is 4.17. The van der Waals surface area contributed by atoms with E-state index in [9.17, 15) is 8.42 Å². The van der Waals surface area contributed by atoms with E-state index in [0.29, 0.717) is 10.6 Å². The van der Waals surface area contributed by atoms with Gasteiger partial charge in [-0.1, -0.05) is 12.1 Å². The summed E-state index contributed by atoms with van der Waals surface area (Å²) in [6.45, 7) is 0. The van der Waals surface area contributed by atoms with Gasteiger partial charge in [-0.25, -0.2) is 13.1 Å². The predicted octanol–water partition coefficient (Wildman–Crippen LogP) is 2.11. The van der Waals surface area contributed by atoms with Gasteiger partial charge in [0.25, 0.3) is 0 Å². The van der Waals surface area contributed by atoms with Gasteiger partial charge in [-0.05, 0) is 44.2 Å². The molecule has 5 nitrogen and oxygen atoms in total. The SMILES string of the molecule is COC1CCCC1Nc1ccccc1S(=O)(=O)NC1CC1. The maximum absolute atomic E-state index is 12.4. The monoisotopic (exact) mass is 310 g/mol. The molecule has 2 aliphatic rings. The second-order valence-corrected chi connectivity index (χ2v) is 7.53. The highest BCUT2D eigenvalue weighted by Crippen LogP contribution is 2.29. The van der Waals surface area contributed by atoms with E-state index in [1.54, 1.807) is 19.2 Å². The molecule has 2 N–H and O–H groups in total. The molecular weight excluding hydrogens is 288 g/mol. The number of para-hydroxylation sites is 1. The molecule has 0 aromatic heterocycles. The first-order chi connectivity index (χ1) is 10.1. The summed E-state index contributed by atoms with van der Waals surface area (Å²) < 4.78 is 33.1. The minimum atomic E-state index is -3.45. The molecule has 2 fully saturated rings. The Labute approximate surface area is 126 Å². The van der Waals surface area contributed by atoms with Crippen LogP contribution >= 0.6 is 0 Å². The smallest absolute Gasteiger partial charge is 0.242 e. The summed E-state index contributed by atoms with van der Waals surface area (Å²) in [4.78, 5) is 0.332. The van der Waals surface area contributed by atoms with Crippen LogP contribution in [0.2, 0.25) is 0 Å². The van der Waals surface area contributed by atoms with E-state index in [2.05, 4.69) is 10.0 Å². The van der Waals surface area contributed by atoms with Crippen LogP contribution in [0.1, 0.15) is 32.1 Å². The van der Waals surface area contributed by atoms with Crippen LogP contribution in [0.5, 0.6) is 0 Å². The molecule has 0 heterocycles. The number of methoxy groups -OCH3 is 1. The summed E-state index contributed by atoms with van der Waals surface area (Å²) in [7, 11) is -1.74. The van der Waals surface area contributed by atoms with E-state index in [1.807, 2.05) is 12.1 Å². The molecular formula is C15H22N2O3S. The van der Waals surface area contributed by atoms with Crippen LogP contribution < -0.4 is 10.0 Å². The molecule has 0 amide bonds. The van der Waals surface area contributed by atoms with E-state index in [4.69, 9.17) is 4.74 Å². The summed E-state index contributed by atoms with van der Waals surface area (Å²) in [5.41, 5.74) is 0.666. The molecule has 0 spiro atoms. The Morgan fingerprint density at radius 1 is 1.14 bits per heavy atom. The Morgan fingerprint density at radius 3 is 2.62 bits per heavy atom. The first-order valence-electron chi connectivity index (χ1n) is 7.51. The van der Waals surface area contributed by atoms with Gasteiger partial charge >= 0.3 is 0 Å². The first kappa shape index (κ1) is 14.8. The zero-order valence-corrected chi connectivity index (χ0v) is 13.0. The maximum Gasteiger partial charge on any atom is 0.242 e. The second-order valence-electron chi connectivity index (χ2n) is 5.85. The molecule has 6 heteroatoms. The fraction of sp³-hybridized carbons (Fsp3) is 0.600. The lowest BCUT2D eigenvalue weighted by atomic mass is 10.2. The van der Waals surface area contributed by atoms with Crippen molar-refractivity contribution in [2.75, 3.05) is 12.4 Å². The van der Waals surface area contributed by atoms with Crippen molar-refractivity contribution in [3.05, 3.63) is 24.3 Å². The summed E-state index contributed by atoms with van der Waals surface area (Å²) in [6, 6.07) is 7.38. The largest absolute Gasteiger partial charge is 0.379 e. The Balaban J connectivity index is 1.82. The number of hydrogen-bond donors (Lipinski definition) is 2. The topological polar surface area (TPSA) is 67.4 Å². The van der Waals surface area contributed by atoms with Crippen molar-refractivity contribution < 1.29 is 13.2 Å². The standard InChI is InChI=1S/C15H22N2O3S/c1-20-14-7-4-6-12(14)16-13-5-2-3-8-15(13)21(18,19)17-11-9-10-11/h2-3,5,8,11-12,14,16-17H,4,6-7,9-10H2,1H3. The fourth-order valence-corrected chi connectivity index (χ4v) is 4.35. The average molecular weight is 310 g/mol. The number of nitrogens with one attached hydrogen (secondary N) is 2. The summed E-state index contributed by atoms with van der Waals surface area (Å²) in [6.07, 6.45) is 5.14.